The average Bonchev–Trinajstić information content (AvgIpc) is 2.08. The predicted octanol–water partition coefficient (Wildman–Crippen LogP) is 3.91. The minimum absolute atomic E-state index is 0.425. The highest BCUT2D eigenvalue weighted by molar-refractivity contribution is 6.42. The second-order valence-corrected chi connectivity index (χ2v) is 3.30. The summed E-state index contributed by atoms with van der Waals surface area (Å²) in [6, 6.07) is 5.19. The number of rotatable bonds is 2. The van der Waals surface area contributed by atoms with Gasteiger partial charge in [-0.1, -0.05) is 42.3 Å². The lowest BCUT2D eigenvalue weighted by Gasteiger charge is -2.09. The highest BCUT2D eigenvalue weighted by atomic mass is 35.5. The van der Waals surface area contributed by atoms with Crippen LogP contribution in [-0.2, 0) is 0 Å². The zero-order valence-corrected chi connectivity index (χ0v) is 8.08. The third kappa shape index (κ3) is 1.90. The van der Waals surface area contributed by atoms with Crippen molar-refractivity contribution >= 4 is 23.2 Å². The Morgan fingerprint density at radius 3 is 2.67 bits per heavy atom. The molecule has 0 aromatic heterocycles. The molecule has 0 unspecified atom stereocenters. The molecule has 1 rings (SSSR count). The Kier molecular flexibility index (Phi) is 3.36. The Balaban J connectivity index is 3.07. The molecule has 1 radical (unpaired) electrons. The topological polar surface area (TPSA) is 0 Å². The molecular formula is C9H8Cl2F. The first-order valence-electron chi connectivity index (χ1n) is 3.49. The van der Waals surface area contributed by atoms with E-state index in [2.05, 4.69) is 0 Å². The Hall–Kier alpha value is -0.270. The van der Waals surface area contributed by atoms with Gasteiger partial charge in [-0.05, 0) is 11.6 Å². The highest BCUT2D eigenvalue weighted by Crippen LogP contribution is 2.30. The molecule has 3 heteroatoms. The number of hydrogen-bond donors (Lipinski definition) is 0. The second-order valence-electron chi connectivity index (χ2n) is 2.52. The van der Waals surface area contributed by atoms with Gasteiger partial charge in [0.1, 0.15) is 0 Å². The van der Waals surface area contributed by atoms with Crippen LogP contribution in [0.1, 0.15) is 12.5 Å². The van der Waals surface area contributed by atoms with Crippen LogP contribution < -0.4 is 0 Å². The first-order chi connectivity index (χ1) is 5.66. The van der Waals surface area contributed by atoms with Gasteiger partial charge >= 0.3 is 0 Å². The van der Waals surface area contributed by atoms with Crippen LogP contribution in [0, 0.1) is 5.92 Å². The third-order valence-electron chi connectivity index (χ3n) is 1.61. The van der Waals surface area contributed by atoms with E-state index < -0.39 is 6.67 Å². The van der Waals surface area contributed by atoms with Gasteiger partial charge in [0.05, 0.1) is 16.7 Å². The molecule has 0 atom stereocenters. The standard InChI is InChI=1S/C9H8Cl2F/c1-6(5-12)7-3-2-4-8(10)9(7)11/h2-4H,5H2,1H3. The van der Waals surface area contributed by atoms with E-state index in [1.54, 1.807) is 25.1 Å². The van der Waals surface area contributed by atoms with Crippen molar-refractivity contribution in [2.45, 2.75) is 6.92 Å². The summed E-state index contributed by atoms with van der Waals surface area (Å²) in [7, 11) is 0. The Morgan fingerprint density at radius 2 is 2.08 bits per heavy atom. The molecule has 1 aromatic carbocycles. The summed E-state index contributed by atoms with van der Waals surface area (Å²) in [5.74, 6) is 0.600. The monoisotopic (exact) mass is 205 g/mol. The van der Waals surface area contributed by atoms with Crippen molar-refractivity contribution in [1.29, 1.82) is 0 Å². The van der Waals surface area contributed by atoms with Gasteiger partial charge in [0.2, 0.25) is 0 Å². The van der Waals surface area contributed by atoms with Gasteiger partial charge in [0.15, 0.2) is 0 Å². The minimum Gasteiger partial charge on any atom is -0.250 e. The van der Waals surface area contributed by atoms with Crippen LogP contribution in [0.15, 0.2) is 18.2 Å². The van der Waals surface area contributed by atoms with Gasteiger partial charge in [-0.3, -0.25) is 4.39 Å². The molecule has 0 fully saturated rings. The Bertz CT molecular complexity index is 273. The van der Waals surface area contributed by atoms with E-state index in [0.717, 1.165) is 0 Å². The molecule has 0 N–H and O–H groups in total. The minimum atomic E-state index is -0.500. The van der Waals surface area contributed by atoms with Crippen LogP contribution in [-0.4, -0.2) is 6.67 Å². The first-order valence-corrected chi connectivity index (χ1v) is 4.25. The van der Waals surface area contributed by atoms with Crippen molar-refractivity contribution in [2.75, 3.05) is 6.67 Å². The van der Waals surface area contributed by atoms with Gasteiger partial charge in [0.25, 0.3) is 0 Å². The first kappa shape index (κ1) is 9.82. The van der Waals surface area contributed by atoms with Crippen molar-refractivity contribution in [3.63, 3.8) is 0 Å². The van der Waals surface area contributed by atoms with Crippen molar-refractivity contribution in [1.82, 2.24) is 0 Å². The maximum absolute atomic E-state index is 12.2. The van der Waals surface area contributed by atoms with Gasteiger partial charge < -0.3 is 0 Å². The Labute approximate surface area is 81.3 Å². The molecule has 0 aliphatic carbocycles. The summed E-state index contributed by atoms with van der Waals surface area (Å²) in [4.78, 5) is 0. The number of benzene rings is 1. The average molecular weight is 206 g/mol. The maximum Gasteiger partial charge on any atom is 0.0998 e. The molecule has 0 heterocycles. The zero-order valence-electron chi connectivity index (χ0n) is 6.57. The van der Waals surface area contributed by atoms with Gasteiger partial charge in [-0.2, -0.15) is 0 Å². The molecule has 0 nitrogen and oxygen atoms in total. The fourth-order valence-corrected chi connectivity index (χ4v) is 1.37. The van der Waals surface area contributed by atoms with Crippen LogP contribution in [0.4, 0.5) is 4.39 Å². The molecule has 0 aliphatic rings. The van der Waals surface area contributed by atoms with Crippen molar-refractivity contribution in [3.8, 4) is 0 Å². The van der Waals surface area contributed by atoms with Crippen molar-refractivity contribution in [2.24, 2.45) is 0 Å². The highest BCUT2D eigenvalue weighted by Gasteiger charge is 2.11. The summed E-state index contributed by atoms with van der Waals surface area (Å²) < 4.78 is 12.2. The molecule has 0 saturated heterocycles. The van der Waals surface area contributed by atoms with E-state index in [1.165, 1.54) is 0 Å². The number of halogens is 3. The number of alkyl halides is 1. The van der Waals surface area contributed by atoms with E-state index in [0.29, 0.717) is 21.5 Å². The summed E-state index contributed by atoms with van der Waals surface area (Å²) in [6.45, 7) is 1.19. The van der Waals surface area contributed by atoms with Gasteiger partial charge in [-0.25, -0.2) is 0 Å². The SMILES string of the molecule is C[C](CF)c1cccc(Cl)c1Cl. The van der Waals surface area contributed by atoms with Crippen molar-refractivity contribution < 1.29 is 4.39 Å². The largest absolute Gasteiger partial charge is 0.250 e. The van der Waals surface area contributed by atoms with E-state index in [9.17, 15) is 4.39 Å². The summed E-state index contributed by atoms with van der Waals surface area (Å²) in [5.41, 5.74) is 0.687. The fourth-order valence-electron chi connectivity index (χ4n) is 0.905. The van der Waals surface area contributed by atoms with E-state index in [-0.39, 0.29) is 0 Å². The lowest BCUT2D eigenvalue weighted by molar-refractivity contribution is 0.516. The van der Waals surface area contributed by atoms with Crippen LogP contribution in [0.3, 0.4) is 0 Å². The molecular weight excluding hydrogens is 198 g/mol. The van der Waals surface area contributed by atoms with E-state index in [4.69, 9.17) is 23.2 Å². The summed E-state index contributed by atoms with van der Waals surface area (Å²) in [6.07, 6.45) is 0. The Morgan fingerprint density at radius 1 is 1.42 bits per heavy atom. The van der Waals surface area contributed by atoms with Crippen LogP contribution in [0.5, 0.6) is 0 Å². The predicted molar refractivity (Wildman–Crippen MR) is 50.5 cm³/mol. The third-order valence-corrected chi connectivity index (χ3v) is 2.43. The lowest BCUT2D eigenvalue weighted by Crippen LogP contribution is -1.97. The van der Waals surface area contributed by atoms with E-state index in [1.807, 2.05) is 0 Å². The van der Waals surface area contributed by atoms with Gasteiger partial charge in [-0.15, -0.1) is 0 Å². The second kappa shape index (κ2) is 4.11. The smallest absolute Gasteiger partial charge is 0.0998 e. The molecule has 1 aromatic rings. The summed E-state index contributed by atoms with van der Waals surface area (Å²) >= 11 is 11.6. The summed E-state index contributed by atoms with van der Waals surface area (Å²) in [5, 5.41) is 0.885. The molecule has 0 bridgehead atoms. The molecule has 65 valence electrons. The lowest BCUT2D eigenvalue weighted by atomic mass is 10.0. The quantitative estimate of drug-likeness (QED) is 0.688. The zero-order chi connectivity index (χ0) is 9.14. The number of hydrogen-bond acceptors (Lipinski definition) is 0. The molecule has 12 heavy (non-hydrogen) atoms. The normalized spacial score (nSPS) is 10.8. The molecule has 0 saturated carbocycles. The van der Waals surface area contributed by atoms with Crippen LogP contribution in [0.25, 0.3) is 0 Å². The molecule has 0 amide bonds. The van der Waals surface area contributed by atoms with Gasteiger partial charge in [0, 0.05) is 5.92 Å². The van der Waals surface area contributed by atoms with Crippen molar-refractivity contribution in [3.05, 3.63) is 39.7 Å². The fraction of sp³-hybridized carbons (Fsp3) is 0.222. The van der Waals surface area contributed by atoms with Crippen LogP contribution >= 0.6 is 23.2 Å². The molecule has 0 aliphatic heterocycles. The van der Waals surface area contributed by atoms with Crippen LogP contribution in [0.2, 0.25) is 10.0 Å². The maximum atomic E-state index is 12.2. The van der Waals surface area contributed by atoms with E-state index >= 15 is 0 Å². The molecule has 0 spiro atoms.